The molecular formula is C17H25NO. The number of hydrogen-bond donors (Lipinski definition) is 1. The van der Waals surface area contributed by atoms with Crippen LogP contribution in [0.5, 0.6) is 5.75 Å². The number of fused-ring (bicyclic) bond motifs is 1. The highest BCUT2D eigenvalue weighted by molar-refractivity contribution is 5.39. The van der Waals surface area contributed by atoms with Crippen LogP contribution in [0, 0.1) is 5.92 Å². The lowest BCUT2D eigenvalue weighted by molar-refractivity contribution is 0.288. The Labute approximate surface area is 116 Å². The maximum atomic E-state index is 5.70. The molecule has 1 N–H and O–H groups in total. The molecule has 2 aliphatic rings. The minimum atomic E-state index is 0.510. The van der Waals surface area contributed by atoms with Gasteiger partial charge < -0.3 is 10.1 Å². The summed E-state index contributed by atoms with van der Waals surface area (Å²) in [7, 11) is 2.09. The molecule has 104 valence electrons. The molecule has 1 heterocycles. The minimum Gasteiger partial charge on any atom is -0.493 e. The fraction of sp³-hybridized carbons (Fsp3) is 0.647. The monoisotopic (exact) mass is 259 g/mol. The third kappa shape index (κ3) is 2.94. The highest BCUT2D eigenvalue weighted by atomic mass is 16.5. The van der Waals surface area contributed by atoms with Gasteiger partial charge in [-0.3, -0.25) is 0 Å². The van der Waals surface area contributed by atoms with Gasteiger partial charge in [0.2, 0.25) is 0 Å². The second kappa shape index (κ2) is 5.96. The van der Waals surface area contributed by atoms with Gasteiger partial charge in [0.15, 0.2) is 0 Å². The van der Waals surface area contributed by atoms with Crippen LogP contribution in [0.1, 0.15) is 55.7 Å². The van der Waals surface area contributed by atoms with Crippen molar-refractivity contribution >= 4 is 0 Å². The fourth-order valence-corrected chi connectivity index (χ4v) is 3.60. The van der Waals surface area contributed by atoms with E-state index >= 15 is 0 Å². The molecule has 0 radical (unpaired) electrons. The molecule has 1 aromatic carbocycles. The van der Waals surface area contributed by atoms with Crippen LogP contribution in [0.4, 0.5) is 0 Å². The van der Waals surface area contributed by atoms with Crippen molar-refractivity contribution in [3.05, 3.63) is 29.3 Å². The van der Waals surface area contributed by atoms with Crippen molar-refractivity contribution in [2.24, 2.45) is 5.92 Å². The molecule has 0 saturated heterocycles. The first kappa shape index (κ1) is 13.0. The maximum absolute atomic E-state index is 5.70. The predicted octanol–water partition coefficient (Wildman–Crippen LogP) is 3.85. The number of ether oxygens (including phenoxy) is 1. The van der Waals surface area contributed by atoms with Crippen LogP contribution in [-0.2, 0) is 6.42 Å². The Morgan fingerprint density at radius 2 is 2.11 bits per heavy atom. The normalized spacial score (nSPS) is 20.9. The maximum Gasteiger partial charge on any atom is 0.122 e. The van der Waals surface area contributed by atoms with Crippen LogP contribution in [0.2, 0.25) is 0 Å². The zero-order valence-corrected chi connectivity index (χ0v) is 12.0. The van der Waals surface area contributed by atoms with E-state index in [0.29, 0.717) is 6.04 Å². The lowest BCUT2D eigenvalue weighted by Gasteiger charge is -2.23. The third-order valence-corrected chi connectivity index (χ3v) is 4.73. The van der Waals surface area contributed by atoms with Gasteiger partial charge in [0.1, 0.15) is 5.75 Å². The van der Waals surface area contributed by atoms with Gasteiger partial charge in [0.05, 0.1) is 6.61 Å². The molecular weight excluding hydrogens is 234 g/mol. The first-order chi connectivity index (χ1) is 9.36. The summed E-state index contributed by atoms with van der Waals surface area (Å²) in [5, 5.41) is 3.51. The number of nitrogens with one attached hydrogen (secondary N) is 1. The predicted molar refractivity (Wildman–Crippen MR) is 78.6 cm³/mol. The van der Waals surface area contributed by atoms with Crippen LogP contribution >= 0.6 is 0 Å². The van der Waals surface area contributed by atoms with Crippen molar-refractivity contribution in [3.8, 4) is 5.75 Å². The van der Waals surface area contributed by atoms with Crippen molar-refractivity contribution in [1.29, 1.82) is 0 Å². The first-order valence-corrected chi connectivity index (χ1v) is 7.79. The van der Waals surface area contributed by atoms with Gasteiger partial charge in [-0.05, 0) is 49.4 Å². The number of hydrogen-bond acceptors (Lipinski definition) is 2. The highest BCUT2D eigenvalue weighted by Gasteiger charge is 2.21. The van der Waals surface area contributed by atoms with Crippen molar-refractivity contribution in [1.82, 2.24) is 5.32 Å². The zero-order valence-electron chi connectivity index (χ0n) is 12.0. The van der Waals surface area contributed by atoms with E-state index in [1.165, 1.54) is 49.7 Å². The summed E-state index contributed by atoms with van der Waals surface area (Å²) in [5.74, 6) is 2.02. The van der Waals surface area contributed by atoms with E-state index in [1.807, 2.05) is 0 Å². The molecule has 0 aromatic heterocycles. The fourth-order valence-electron chi connectivity index (χ4n) is 3.60. The third-order valence-electron chi connectivity index (χ3n) is 4.73. The molecule has 1 fully saturated rings. The molecule has 1 aromatic rings. The molecule has 1 atom stereocenters. The van der Waals surface area contributed by atoms with Crippen LogP contribution in [0.25, 0.3) is 0 Å². The lowest BCUT2D eigenvalue weighted by atomic mass is 9.92. The van der Waals surface area contributed by atoms with Crippen LogP contribution in [0.15, 0.2) is 18.2 Å². The van der Waals surface area contributed by atoms with Gasteiger partial charge in [0.25, 0.3) is 0 Å². The smallest absolute Gasteiger partial charge is 0.122 e. The number of rotatable bonds is 4. The van der Waals surface area contributed by atoms with Gasteiger partial charge in [-0.15, -0.1) is 0 Å². The van der Waals surface area contributed by atoms with Gasteiger partial charge in [-0.1, -0.05) is 37.8 Å². The van der Waals surface area contributed by atoms with E-state index in [1.54, 1.807) is 0 Å². The summed E-state index contributed by atoms with van der Waals surface area (Å²) in [5.41, 5.74) is 2.84. The quantitative estimate of drug-likeness (QED) is 0.886. The standard InChI is InChI=1S/C17H25NO/c1-18-16(11-13-5-2-3-6-13)14-8-9-17-15(12-14)7-4-10-19-17/h8-9,12-13,16,18H,2-7,10-11H2,1H3. The van der Waals surface area contributed by atoms with Crippen molar-refractivity contribution in [3.63, 3.8) is 0 Å². The summed E-state index contributed by atoms with van der Waals surface area (Å²) in [6.07, 6.45) is 9.32. The Balaban J connectivity index is 1.74. The van der Waals surface area contributed by atoms with Gasteiger partial charge in [-0.2, -0.15) is 0 Å². The van der Waals surface area contributed by atoms with Gasteiger partial charge in [0, 0.05) is 6.04 Å². The largest absolute Gasteiger partial charge is 0.493 e. The molecule has 2 nitrogen and oxygen atoms in total. The topological polar surface area (TPSA) is 21.3 Å². The first-order valence-electron chi connectivity index (χ1n) is 7.79. The van der Waals surface area contributed by atoms with E-state index in [0.717, 1.165) is 24.7 Å². The highest BCUT2D eigenvalue weighted by Crippen LogP contribution is 2.34. The SMILES string of the molecule is CNC(CC1CCCC1)c1ccc2c(c1)CCCO2. The van der Waals surface area contributed by atoms with Crippen LogP contribution in [0.3, 0.4) is 0 Å². The van der Waals surface area contributed by atoms with E-state index in [4.69, 9.17) is 4.74 Å². The van der Waals surface area contributed by atoms with E-state index in [2.05, 4.69) is 30.6 Å². The molecule has 1 aliphatic heterocycles. The number of aryl methyl sites for hydroxylation is 1. The molecule has 0 bridgehead atoms. The van der Waals surface area contributed by atoms with E-state index < -0.39 is 0 Å². The lowest BCUT2D eigenvalue weighted by Crippen LogP contribution is -2.20. The molecule has 1 saturated carbocycles. The van der Waals surface area contributed by atoms with E-state index in [-0.39, 0.29) is 0 Å². The second-order valence-corrected chi connectivity index (χ2v) is 6.05. The summed E-state index contributed by atoms with van der Waals surface area (Å²) in [4.78, 5) is 0. The summed E-state index contributed by atoms with van der Waals surface area (Å²) in [6.45, 7) is 0.879. The minimum absolute atomic E-state index is 0.510. The number of benzene rings is 1. The van der Waals surface area contributed by atoms with Crippen LogP contribution in [-0.4, -0.2) is 13.7 Å². The van der Waals surface area contributed by atoms with Crippen molar-refractivity contribution in [2.75, 3.05) is 13.7 Å². The average molecular weight is 259 g/mol. The van der Waals surface area contributed by atoms with Gasteiger partial charge in [-0.25, -0.2) is 0 Å². The molecule has 1 aliphatic carbocycles. The molecule has 0 amide bonds. The second-order valence-electron chi connectivity index (χ2n) is 6.05. The van der Waals surface area contributed by atoms with Crippen molar-refractivity contribution < 1.29 is 4.74 Å². The Bertz CT molecular complexity index is 423. The Morgan fingerprint density at radius 3 is 2.89 bits per heavy atom. The van der Waals surface area contributed by atoms with Crippen molar-refractivity contribution in [2.45, 2.75) is 51.0 Å². The van der Waals surface area contributed by atoms with E-state index in [9.17, 15) is 0 Å². The molecule has 19 heavy (non-hydrogen) atoms. The molecule has 0 spiro atoms. The Morgan fingerprint density at radius 1 is 1.26 bits per heavy atom. The Kier molecular flexibility index (Phi) is 4.07. The Hall–Kier alpha value is -1.02. The van der Waals surface area contributed by atoms with Gasteiger partial charge >= 0.3 is 0 Å². The average Bonchev–Trinajstić information content (AvgIpc) is 2.97. The molecule has 2 heteroatoms. The van der Waals surface area contributed by atoms with Crippen LogP contribution < -0.4 is 10.1 Å². The molecule has 1 unspecified atom stereocenters. The molecule has 3 rings (SSSR count). The summed E-state index contributed by atoms with van der Waals surface area (Å²) < 4.78 is 5.70. The summed E-state index contributed by atoms with van der Waals surface area (Å²) >= 11 is 0. The summed E-state index contributed by atoms with van der Waals surface area (Å²) in [6, 6.07) is 7.29. The zero-order chi connectivity index (χ0) is 13.1.